The van der Waals surface area contributed by atoms with E-state index in [4.69, 9.17) is 4.74 Å². The van der Waals surface area contributed by atoms with Crippen molar-refractivity contribution in [1.29, 1.82) is 0 Å². The lowest BCUT2D eigenvalue weighted by Gasteiger charge is -2.29. The molecular weight excluding hydrogens is 166 g/mol. The largest absolute Gasteiger partial charge is 0.393 e. The van der Waals surface area contributed by atoms with Crippen molar-refractivity contribution in [2.24, 2.45) is 0 Å². The van der Waals surface area contributed by atoms with Gasteiger partial charge in [0.2, 0.25) is 0 Å². The molecule has 0 atom stereocenters. The van der Waals surface area contributed by atoms with E-state index in [0.29, 0.717) is 0 Å². The van der Waals surface area contributed by atoms with Crippen molar-refractivity contribution in [2.75, 3.05) is 32.8 Å². The van der Waals surface area contributed by atoms with Gasteiger partial charge in [0.15, 0.2) is 0 Å². The fourth-order valence-corrected chi connectivity index (χ4v) is 1.58. The average Bonchev–Trinajstić information content (AvgIpc) is 2.15. The smallest absolute Gasteiger partial charge is 0.0593 e. The van der Waals surface area contributed by atoms with Crippen LogP contribution in [-0.4, -0.2) is 49.0 Å². The summed E-state index contributed by atoms with van der Waals surface area (Å²) in [4.78, 5) is 2.36. The Morgan fingerprint density at radius 3 is 2.62 bits per heavy atom. The molecular formula is C10H21NO2. The summed E-state index contributed by atoms with van der Waals surface area (Å²) in [5.74, 6) is 0. The van der Waals surface area contributed by atoms with E-state index in [1.165, 1.54) is 0 Å². The molecule has 0 aliphatic carbocycles. The molecule has 0 aromatic carbocycles. The molecule has 1 rings (SSSR count). The monoisotopic (exact) mass is 187 g/mol. The zero-order valence-electron chi connectivity index (χ0n) is 8.54. The molecule has 0 saturated carbocycles. The molecule has 0 amide bonds. The molecule has 0 aromatic rings. The first-order valence-electron chi connectivity index (χ1n) is 5.31. The Morgan fingerprint density at radius 1 is 1.31 bits per heavy atom. The highest BCUT2D eigenvalue weighted by molar-refractivity contribution is 4.70. The molecule has 1 fully saturated rings. The van der Waals surface area contributed by atoms with E-state index >= 15 is 0 Å². The predicted molar refractivity (Wildman–Crippen MR) is 52.8 cm³/mol. The fraction of sp³-hybridized carbons (Fsp3) is 1.00. The van der Waals surface area contributed by atoms with Crippen LogP contribution in [0.1, 0.15) is 26.2 Å². The van der Waals surface area contributed by atoms with E-state index in [1.807, 2.05) is 0 Å². The van der Waals surface area contributed by atoms with Gasteiger partial charge in [-0.05, 0) is 19.3 Å². The minimum absolute atomic E-state index is 0.0622. The standard InChI is InChI=1S/C10H21NO2/c1-2-8-13-9-7-11-5-3-10(12)4-6-11/h10,12H,2-9H2,1H3. The number of hydrogen-bond acceptors (Lipinski definition) is 3. The zero-order valence-corrected chi connectivity index (χ0v) is 8.54. The van der Waals surface area contributed by atoms with Crippen LogP contribution in [0, 0.1) is 0 Å². The Bertz CT molecular complexity index is 122. The van der Waals surface area contributed by atoms with Crippen molar-refractivity contribution < 1.29 is 9.84 Å². The third kappa shape index (κ3) is 4.60. The van der Waals surface area contributed by atoms with Crippen LogP contribution in [0.25, 0.3) is 0 Å². The Balaban J connectivity index is 1.96. The summed E-state index contributed by atoms with van der Waals surface area (Å²) in [5.41, 5.74) is 0. The maximum absolute atomic E-state index is 9.28. The van der Waals surface area contributed by atoms with Gasteiger partial charge < -0.3 is 14.7 Å². The summed E-state index contributed by atoms with van der Waals surface area (Å²) >= 11 is 0. The van der Waals surface area contributed by atoms with Crippen molar-refractivity contribution in [2.45, 2.75) is 32.3 Å². The third-order valence-electron chi connectivity index (χ3n) is 2.46. The number of nitrogens with zero attached hydrogens (tertiary/aromatic N) is 1. The summed E-state index contributed by atoms with van der Waals surface area (Å²) in [5, 5.41) is 9.28. The van der Waals surface area contributed by atoms with E-state index in [2.05, 4.69) is 11.8 Å². The van der Waals surface area contributed by atoms with Crippen molar-refractivity contribution in [3.63, 3.8) is 0 Å². The van der Waals surface area contributed by atoms with Crippen LogP contribution >= 0.6 is 0 Å². The molecule has 78 valence electrons. The van der Waals surface area contributed by atoms with Crippen molar-refractivity contribution >= 4 is 0 Å². The van der Waals surface area contributed by atoms with Crippen LogP contribution in [0.4, 0.5) is 0 Å². The maximum Gasteiger partial charge on any atom is 0.0593 e. The molecule has 0 bridgehead atoms. The van der Waals surface area contributed by atoms with Crippen molar-refractivity contribution in [3.05, 3.63) is 0 Å². The third-order valence-corrected chi connectivity index (χ3v) is 2.46. The molecule has 0 spiro atoms. The van der Waals surface area contributed by atoms with Gasteiger partial charge in [-0.15, -0.1) is 0 Å². The Hall–Kier alpha value is -0.120. The van der Waals surface area contributed by atoms with Crippen LogP contribution < -0.4 is 0 Å². The van der Waals surface area contributed by atoms with Gasteiger partial charge in [0.25, 0.3) is 0 Å². The van der Waals surface area contributed by atoms with Gasteiger partial charge in [-0.3, -0.25) is 0 Å². The average molecular weight is 187 g/mol. The topological polar surface area (TPSA) is 32.7 Å². The van der Waals surface area contributed by atoms with Crippen LogP contribution in [0.3, 0.4) is 0 Å². The Kier molecular flexibility index (Phi) is 5.35. The van der Waals surface area contributed by atoms with E-state index in [-0.39, 0.29) is 6.10 Å². The number of aliphatic hydroxyl groups excluding tert-OH is 1. The van der Waals surface area contributed by atoms with Crippen LogP contribution in [0.15, 0.2) is 0 Å². The van der Waals surface area contributed by atoms with E-state index < -0.39 is 0 Å². The highest BCUT2D eigenvalue weighted by Gasteiger charge is 2.15. The van der Waals surface area contributed by atoms with E-state index in [1.54, 1.807) is 0 Å². The quantitative estimate of drug-likeness (QED) is 0.648. The second-order valence-corrected chi connectivity index (χ2v) is 3.69. The van der Waals surface area contributed by atoms with E-state index in [9.17, 15) is 5.11 Å². The first kappa shape index (κ1) is 11.0. The Morgan fingerprint density at radius 2 is 2.00 bits per heavy atom. The molecule has 1 aliphatic heterocycles. The summed E-state index contributed by atoms with van der Waals surface area (Å²) in [6.07, 6.45) is 2.88. The SMILES string of the molecule is CCCOCCN1CCC(O)CC1. The van der Waals surface area contributed by atoms with Crippen LogP contribution in [0.2, 0.25) is 0 Å². The molecule has 3 heteroatoms. The van der Waals surface area contributed by atoms with E-state index in [0.717, 1.165) is 52.1 Å². The van der Waals surface area contributed by atoms with Crippen LogP contribution in [0.5, 0.6) is 0 Å². The molecule has 1 aliphatic rings. The second kappa shape index (κ2) is 6.35. The first-order chi connectivity index (χ1) is 6.33. The summed E-state index contributed by atoms with van der Waals surface area (Å²) in [6, 6.07) is 0. The highest BCUT2D eigenvalue weighted by atomic mass is 16.5. The number of piperidine rings is 1. The van der Waals surface area contributed by atoms with Gasteiger partial charge >= 0.3 is 0 Å². The molecule has 1 heterocycles. The number of likely N-dealkylation sites (tertiary alicyclic amines) is 1. The lowest BCUT2D eigenvalue weighted by Crippen LogP contribution is -2.37. The lowest BCUT2D eigenvalue weighted by molar-refractivity contribution is 0.0559. The number of rotatable bonds is 5. The molecule has 1 saturated heterocycles. The summed E-state index contributed by atoms with van der Waals surface area (Å²) < 4.78 is 5.41. The molecule has 13 heavy (non-hydrogen) atoms. The Labute approximate surface area is 80.7 Å². The highest BCUT2D eigenvalue weighted by Crippen LogP contribution is 2.08. The van der Waals surface area contributed by atoms with Gasteiger partial charge in [0.05, 0.1) is 12.7 Å². The number of aliphatic hydroxyl groups is 1. The van der Waals surface area contributed by atoms with Gasteiger partial charge in [-0.2, -0.15) is 0 Å². The zero-order chi connectivity index (χ0) is 9.52. The van der Waals surface area contributed by atoms with Crippen LogP contribution in [-0.2, 0) is 4.74 Å². The fourth-order valence-electron chi connectivity index (χ4n) is 1.58. The summed E-state index contributed by atoms with van der Waals surface area (Å²) in [6.45, 7) is 6.90. The van der Waals surface area contributed by atoms with Gasteiger partial charge in [0, 0.05) is 26.2 Å². The molecule has 3 nitrogen and oxygen atoms in total. The molecule has 1 N–H and O–H groups in total. The number of ether oxygens (including phenoxy) is 1. The maximum atomic E-state index is 9.28. The van der Waals surface area contributed by atoms with Crippen molar-refractivity contribution in [3.8, 4) is 0 Å². The molecule has 0 radical (unpaired) electrons. The van der Waals surface area contributed by atoms with Gasteiger partial charge in [0.1, 0.15) is 0 Å². The predicted octanol–water partition coefficient (Wildman–Crippen LogP) is 0.870. The first-order valence-corrected chi connectivity index (χ1v) is 5.31. The lowest BCUT2D eigenvalue weighted by atomic mass is 10.1. The number of hydrogen-bond donors (Lipinski definition) is 1. The van der Waals surface area contributed by atoms with Gasteiger partial charge in [-0.25, -0.2) is 0 Å². The normalized spacial score (nSPS) is 20.8. The molecule has 0 unspecified atom stereocenters. The summed E-state index contributed by atoms with van der Waals surface area (Å²) in [7, 11) is 0. The van der Waals surface area contributed by atoms with Gasteiger partial charge in [-0.1, -0.05) is 6.92 Å². The minimum Gasteiger partial charge on any atom is -0.393 e. The second-order valence-electron chi connectivity index (χ2n) is 3.69. The van der Waals surface area contributed by atoms with Crippen molar-refractivity contribution in [1.82, 2.24) is 4.90 Å². The molecule has 0 aromatic heterocycles. The minimum atomic E-state index is -0.0622.